The maximum Gasteiger partial charge on any atom is 0.319 e. The summed E-state index contributed by atoms with van der Waals surface area (Å²) in [6, 6.07) is 9.20. The van der Waals surface area contributed by atoms with Crippen LogP contribution in [0.4, 0.5) is 10.5 Å². The van der Waals surface area contributed by atoms with Crippen molar-refractivity contribution in [2.45, 2.75) is 6.92 Å². The summed E-state index contributed by atoms with van der Waals surface area (Å²) < 4.78 is 0. The summed E-state index contributed by atoms with van der Waals surface area (Å²) in [6.45, 7) is 2.19. The predicted octanol–water partition coefficient (Wildman–Crippen LogP) is 3.21. The largest absolute Gasteiger partial charge is 0.355 e. The van der Waals surface area contributed by atoms with E-state index in [2.05, 4.69) is 21.3 Å². The van der Waals surface area contributed by atoms with Gasteiger partial charge in [0, 0.05) is 37.0 Å². The van der Waals surface area contributed by atoms with Crippen molar-refractivity contribution in [2.75, 3.05) is 25.5 Å². The smallest absolute Gasteiger partial charge is 0.319 e. The molecule has 0 saturated carbocycles. The summed E-state index contributed by atoms with van der Waals surface area (Å²) in [5.41, 5.74) is 2.04. The Morgan fingerprint density at radius 2 is 1.64 bits per heavy atom. The molecule has 0 bridgehead atoms. The van der Waals surface area contributed by atoms with Gasteiger partial charge in [-0.3, -0.25) is 9.59 Å². The molecule has 0 heterocycles. The Morgan fingerprint density at radius 3 is 2.32 bits per heavy atom. The number of benzene rings is 2. The third-order valence-electron chi connectivity index (χ3n) is 3.93. The zero-order valence-electron chi connectivity index (χ0n) is 15.4. The van der Waals surface area contributed by atoms with Crippen molar-refractivity contribution in [3.63, 3.8) is 0 Å². The van der Waals surface area contributed by atoms with Gasteiger partial charge in [0.2, 0.25) is 0 Å². The Hall–Kier alpha value is -2.77. The van der Waals surface area contributed by atoms with E-state index in [9.17, 15) is 14.4 Å². The molecule has 2 rings (SSSR count). The average Bonchev–Trinajstić information content (AvgIpc) is 2.68. The van der Waals surface area contributed by atoms with Gasteiger partial charge < -0.3 is 21.3 Å². The quantitative estimate of drug-likeness (QED) is 0.537. The predicted molar refractivity (Wildman–Crippen MR) is 110 cm³/mol. The van der Waals surface area contributed by atoms with Crippen molar-refractivity contribution in [2.24, 2.45) is 0 Å². The van der Waals surface area contributed by atoms with Crippen molar-refractivity contribution in [1.82, 2.24) is 16.0 Å². The fourth-order valence-electron chi connectivity index (χ4n) is 2.41. The van der Waals surface area contributed by atoms with E-state index < -0.39 is 6.03 Å². The van der Waals surface area contributed by atoms with E-state index in [4.69, 9.17) is 23.2 Å². The van der Waals surface area contributed by atoms with E-state index in [1.165, 1.54) is 6.07 Å². The Balaban J connectivity index is 1.82. The SMILES string of the molecule is CNC(=O)c1cccc(NC(=O)NCCNC(=O)c2ccc(Cl)c(Cl)c2)c1C. The number of halogens is 2. The molecule has 28 heavy (non-hydrogen) atoms. The Bertz CT molecular complexity index is 903. The van der Waals surface area contributed by atoms with Crippen molar-refractivity contribution >= 4 is 46.7 Å². The average molecular weight is 423 g/mol. The second-order valence-corrected chi connectivity index (χ2v) is 6.64. The van der Waals surface area contributed by atoms with Crippen molar-refractivity contribution in [3.05, 3.63) is 63.1 Å². The molecule has 9 heteroatoms. The van der Waals surface area contributed by atoms with Crippen molar-refractivity contribution in [1.29, 1.82) is 0 Å². The number of carbonyl (C=O) groups is 3. The highest BCUT2D eigenvalue weighted by molar-refractivity contribution is 6.42. The van der Waals surface area contributed by atoms with E-state index in [1.54, 1.807) is 44.3 Å². The zero-order valence-corrected chi connectivity index (χ0v) is 16.9. The van der Waals surface area contributed by atoms with Crippen LogP contribution in [0.2, 0.25) is 10.0 Å². The molecule has 0 atom stereocenters. The Labute approximate surface area is 172 Å². The molecule has 0 aromatic heterocycles. The van der Waals surface area contributed by atoms with Crippen LogP contribution in [0, 0.1) is 6.92 Å². The molecule has 4 N–H and O–H groups in total. The van der Waals surface area contributed by atoms with Gasteiger partial charge in [-0.1, -0.05) is 29.3 Å². The van der Waals surface area contributed by atoms with Crippen LogP contribution in [0.1, 0.15) is 26.3 Å². The minimum Gasteiger partial charge on any atom is -0.355 e. The van der Waals surface area contributed by atoms with Crippen LogP contribution >= 0.6 is 23.2 Å². The number of anilines is 1. The van der Waals surface area contributed by atoms with Gasteiger partial charge in [-0.15, -0.1) is 0 Å². The van der Waals surface area contributed by atoms with Crippen LogP contribution in [-0.4, -0.2) is 38.0 Å². The van der Waals surface area contributed by atoms with Gasteiger partial charge in [-0.25, -0.2) is 4.79 Å². The molecule has 0 radical (unpaired) electrons. The molecule has 0 fully saturated rings. The summed E-state index contributed by atoms with van der Waals surface area (Å²) >= 11 is 11.7. The van der Waals surface area contributed by atoms with Crippen LogP contribution in [0.5, 0.6) is 0 Å². The molecule has 2 aromatic carbocycles. The molecular formula is C19H20Cl2N4O3. The van der Waals surface area contributed by atoms with Crippen LogP contribution in [0.15, 0.2) is 36.4 Å². The number of rotatable bonds is 6. The Morgan fingerprint density at radius 1 is 0.929 bits per heavy atom. The lowest BCUT2D eigenvalue weighted by atomic mass is 10.1. The number of amides is 4. The lowest BCUT2D eigenvalue weighted by Crippen LogP contribution is -2.37. The van der Waals surface area contributed by atoms with Crippen LogP contribution < -0.4 is 21.3 Å². The standard InChI is InChI=1S/C19H20Cl2N4O3/c1-11-13(18(27)22-2)4-3-5-16(11)25-19(28)24-9-8-23-17(26)12-6-7-14(20)15(21)10-12/h3-7,10H,8-9H2,1-2H3,(H,22,27)(H,23,26)(H2,24,25,28). The highest BCUT2D eigenvalue weighted by Crippen LogP contribution is 2.22. The lowest BCUT2D eigenvalue weighted by Gasteiger charge is -2.13. The topological polar surface area (TPSA) is 99.3 Å². The third kappa shape index (κ3) is 5.61. The molecule has 0 unspecified atom stereocenters. The van der Waals surface area contributed by atoms with E-state index in [-0.39, 0.29) is 24.9 Å². The monoisotopic (exact) mass is 422 g/mol. The lowest BCUT2D eigenvalue weighted by molar-refractivity contribution is 0.0949. The molecule has 7 nitrogen and oxygen atoms in total. The minimum atomic E-state index is -0.444. The van der Waals surface area contributed by atoms with E-state index in [1.807, 2.05) is 0 Å². The van der Waals surface area contributed by atoms with Gasteiger partial charge in [-0.05, 0) is 42.8 Å². The van der Waals surface area contributed by atoms with E-state index in [0.29, 0.717) is 32.4 Å². The maximum atomic E-state index is 12.0. The van der Waals surface area contributed by atoms with E-state index in [0.717, 1.165) is 0 Å². The van der Waals surface area contributed by atoms with Crippen molar-refractivity contribution in [3.8, 4) is 0 Å². The summed E-state index contributed by atoms with van der Waals surface area (Å²) in [4.78, 5) is 35.9. The fourth-order valence-corrected chi connectivity index (χ4v) is 2.71. The molecular weight excluding hydrogens is 403 g/mol. The first-order valence-electron chi connectivity index (χ1n) is 8.43. The molecule has 4 amide bonds. The molecule has 0 spiro atoms. The molecule has 0 aliphatic carbocycles. The van der Waals surface area contributed by atoms with Crippen LogP contribution in [-0.2, 0) is 0 Å². The zero-order chi connectivity index (χ0) is 20.7. The van der Waals surface area contributed by atoms with Crippen molar-refractivity contribution < 1.29 is 14.4 Å². The van der Waals surface area contributed by atoms with Crippen LogP contribution in [0.25, 0.3) is 0 Å². The summed E-state index contributed by atoms with van der Waals surface area (Å²) in [5, 5.41) is 11.2. The highest BCUT2D eigenvalue weighted by Gasteiger charge is 2.12. The van der Waals surface area contributed by atoms with Gasteiger partial charge >= 0.3 is 6.03 Å². The molecule has 148 valence electrons. The summed E-state index contributed by atoms with van der Waals surface area (Å²) in [7, 11) is 1.54. The summed E-state index contributed by atoms with van der Waals surface area (Å²) in [5.74, 6) is -0.554. The van der Waals surface area contributed by atoms with Gasteiger partial charge in [-0.2, -0.15) is 0 Å². The molecule has 0 aliphatic heterocycles. The second-order valence-electron chi connectivity index (χ2n) is 5.82. The first-order chi connectivity index (χ1) is 13.3. The highest BCUT2D eigenvalue weighted by atomic mass is 35.5. The van der Waals surface area contributed by atoms with Gasteiger partial charge in [0.05, 0.1) is 10.0 Å². The first-order valence-corrected chi connectivity index (χ1v) is 9.19. The molecule has 2 aromatic rings. The summed E-state index contributed by atoms with van der Waals surface area (Å²) in [6.07, 6.45) is 0. The number of urea groups is 1. The van der Waals surface area contributed by atoms with Gasteiger partial charge in [0.1, 0.15) is 0 Å². The maximum absolute atomic E-state index is 12.0. The third-order valence-corrected chi connectivity index (χ3v) is 4.67. The first kappa shape index (κ1) is 21.5. The number of nitrogens with one attached hydrogen (secondary N) is 4. The van der Waals surface area contributed by atoms with Crippen LogP contribution in [0.3, 0.4) is 0 Å². The fraction of sp³-hybridized carbons (Fsp3) is 0.211. The Kier molecular flexibility index (Phi) is 7.66. The van der Waals surface area contributed by atoms with Gasteiger partial charge in [0.25, 0.3) is 11.8 Å². The molecule has 0 saturated heterocycles. The van der Waals surface area contributed by atoms with Gasteiger partial charge in [0.15, 0.2) is 0 Å². The minimum absolute atomic E-state index is 0.215. The number of carbonyl (C=O) groups excluding carboxylic acids is 3. The molecule has 0 aliphatic rings. The number of hydrogen-bond donors (Lipinski definition) is 4. The number of hydrogen-bond acceptors (Lipinski definition) is 3. The van der Waals surface area contributed by atoms with E-state index >= 15 is 0 Å². The second kappa shape index (κ2) is 9.96. The normalized spacial score (nSPS) is 10.1.